The van der Waals surface area contributed by atoms with E-state index < -0.39 is 5.82 Å². The zero-order chi connectivity index (χ0) is 20.0. The van der Waals surface area contributed by atoms with Gasteiger partial charge in [-0.2, -0.15) is 0 Å². The molecule has 0 bridgehead atoms. The van der Waals surface area contributed by atoms with Gasteiger partial charge in [-0.05, 0) is 61.0 Å². The molecule has 0 unspecified atom stereocenters. The van der Waals surface area contributed by atoms with Crippen LogP contribution < -0.4 is 5.56 Å². The first-order chi connectivity index (χ1) is 13.3. The second-order valence-corrected chi connectivity index (χ2v) is 8.05. The van der Waals surface area contributed by atoms with E-state index in [-0.39, 0.29) is 5.56 Å². The van der Waals surface area contributed by atoms with Crippen LogP contribution in [0.1, 0.15) is 5.56 Å². The summed E-state index contributed by atoms with van der Waals surface area (Å²) in [6.07, 6.45) is 0. The summed E-state index contributed by atoms with van der Waals surface area (Å²) in [5.41, 5.74) is 1.51. The molecule has 4 aromatic rings. The van der Waals surface area contributed by atoms with Gasteiger partial charge in [0, 0.05) is 15.1 Å². The fraction of sp³-hybridized carbons (Fsp3) is 0.0476. The number of aromatic nitrogens is 2. The zero-order valence-corrected chi connectivity index (χ0v) is 17.6. The van der Waals surface area contributed by atoms with Gasteiger partial charge in [0.25, 0.3) is 5.56 Å². The van der Waals surface area contributed by atoms with Crippen LogP contribution in [0.2, 0.25) is 10.0 Å². The summed E-state index contributed by atoms with van der Waals surface area (Å²) in [5.74, 6) is -0.103. The number of benzene rings is 3. The van der Waals surface area contributed by atoms with Gasteiger partial charge in [0.1, 0.15) is 11.6 Å². The average Bonchev–Trinajstić information content (AvgIpc) is 2.64. The van der Waals surface area contributed by atoms with Crippen LogP contribution in [0.25, 0.3) is 28.0 Å². The fourth-order valence-corrected chi connectivity index (χ4v) is 3.90. The summed E-state index contributed by atoms with van der Waals surface area (Å²) in [4.78, 5) is 18.0. The van der Waals surface area contributed by atoms with Gasteiger partial charge in [0.05, 0.1) is 21.6 Å². The van der Waals surface area contributed by atoms with Crippen LogP contribution >= 0.6 is 39.1 Å². The molecular formula is C21H12BrCl2FN2O. The lowest BCUT2D eigenvalue weighted by atomic mass is 10.1. The Morgan fingerprint density at radius 2 is 1.82 bits per heavy atom. The Labute approximate surface area is 178 Å². The van der Waals surface area contributed by atoms with Crippen molar-refractivity contribution in [1.29, 1.82) is 0 Å². The Bertz CT molecular complexity index is 1300. The van der Waals surface area contributed by atoms with E-state index >= 15 is 0 Å². The molecule has 0 radical (unpaired) electrons. The maximum atomic E-state index is 14.2. The van der Waals surface area contributed by atoms with Crippen molar-refractivity contribution < 1.29 is 4.39 Å². The molecule has 0 amide bonds. The van der Waals surface area contributed by atoms with Crippen molar-refractivity contribution in [1.82, 2.24) is 9.55 Å². The van der Waals surface area contributed by atoms with Gasteiger partial charge in [-0.1, -0.05) is 45.2 Å². The molecule has 7 heteroatoms. The molecule has 28 heavy (non-hydrogen) atoms. The van der Waals surface area contributed by atoms with Crippen molar-refractivity contribution in [2.24, 2.45) is 0 Å². The van der Waals surface area contributed by atoms with Crippen LogP contribution in [0.4, 0.5) is 4.39 Å². The second-order valence-electron chi connectivity index (χ2n) is 6.30. The van der Waals surface area contributed by atoms with Crippen molar-refractivity contribution in [3.8, 4) is 17.1 Å². The minimum absolute atomic E-state index is 0.306. The first kappa shape index (κ1) is 19.1. The summed E-state index contributed by atoms with van der Waals surface area (Å²) in [5, 5.41) is 1.25. The summed E-state index contributed by atoms with van der Waals surface area (Å²) < 4.78 is 16.4. The van der Waals surface area contributed by atoms with E-state index in [1.54, 1.807) is 55.5 Å². The second kappa shape index (κ2) is 7.32. The van der Waals surface area contributed by atoms with Crippen LogP contribution in [0.3, 0.4) is 0 Å². The Balaban J connectivity index is 2.14. The SMILES string of the molecule is Cc1ccc(-n2c(-c3ccc(Br)cc3Cl)nc3cc(Cl)ccc3c2=O)cc1F. The standard InChI is InChI=1S/C21H12BrCl2FN2O/c1-11-2-5-14(10-18(11)25)27-20(15-6-3-12(22)8-17(15)24)26-19-9-13(23)4-7-16(19)21(27)28/h2-10H,1H3. The predicted octanol–water partition coefficient (Wildman–Crippen LogP) is 6.57. The van der Waals surface area contributed by atoms with E-state index in [4.69, 9.17) is 23.2 Å². The minimum Gasteiger partial charge on any atom is -0.268 e. The van der Waals surface area contributed by atoms with E-state index in [9.17, 15) is 9.18 Å². The summed E-state index contributed by atoms with van der Waals surface area (Å²) in [6.45, 7) is 1.66. The van der Waals surface area contributed by atoms with Gasteiger partial charge < -0.3 is 0 Å². The molecule has 4 rings (SSSR count). The monoisotopic (exact) mass is 476 g/mol. The lowest BCUT2D eigenvalue weighted by Gasteiger charge is -2.15. The maximum absolute atomic E-state index is 14.2. The van der Waals surface area contributed by atoms with E-state index in [0.717, 1.165) is 4.47 Å². The highest BCUT2D eigenvalue weighted by Crippen LogP contribution is 2.31. The highest BCUT2D eigenvalue weighted by atomic mass is 79.9. The molecule has 0 aliphatic rings. The minimum atomic E-state index is -0.409. The van der Waals surface area contributed by atoms with Crippen LogP contribution in [-0.4, -0.2) is 9.55 Å². The van der Waals surface area contributed by atoms with Crippen molar-refractivity contribution in [2.45, 2.75) is 6.92 Å². The van der Waals surface area contributed by atoms with Gasteiger partial charge in [-0.25, -0.2) is 9.37 Å². The fourth-order valence-electron chi connectivity index (χ4n) is 2.97. The predicted molar refractivity (Wildman–Crippen MR) is 115 cm³/mol. The van der Waals surface area contributed by atoms with E-state index in [0.29, 0.717) is 43.6 Å². The van der Waals surface area contributed by atoms with Crippen LogP contribution in [-0.2, 0) is 0 Å². The summed E-state index contributed by atoms with van der Waals surface area (Å²) >= 11 is 15.9. The van der Waals surface area contributed by atoms with Gasteiger partial charge >= 0.3 is 0 Å². The first-order valence-electron chi connectivity index (χ1n) is 8.29. The Morgan fingerprint density at radius 3 is 2.54 bits per heavy atom. The number of fused-ring (bicyclic) bond motifs is 1. The van der Waals surface area contributed by atoms with Gasteiger partial charge in [-0.15, -0.1) is 0 Å². The third-order valence-electron chi connectivity index (χ3n) is 4.42. The van der Waals surface area contributed by atoms with Gasteiger partial charge in [0.2, 0.25) is 0 Å². The number of rotatable bonds is 2. The smallest absolute Gasteiger partial charge is 0.266 e. The van der Waals surface area contributed by atoms with Crippen molar-refractivity contribution in [3.63, 3.8) is 0 Å². The Hall–Kier alpha value is -2.21. The molecule has 1 aromatic heterocycles. The molecule has 0 aliphatic carbocycles. The van der Waals surface area contributed by atoms with E-state index in [1.165, 1.54) is 10.6 Å². The Morgan fingerprint density at radius 1 is 1.04 bits per heavy atom. The van der Waals surface area contributed by atoms with Crippen molar-refractivity contribution in [3.05, 3.63) is 90.8 Å². The molecule has 140 valence electrons. The molecule has 0 fully saturated rings. The molecule has 3 aromatic carbocycles. The first-order valence-corrected chi connectivity index (χ1v) is 9.84. The molecular weight excluding hydrogens is 466 g/mol. The number of halogens is 4. The van der Waals surface area contributed by atoms with E-state index in [1.807, 2.05) is 0 Å². The molecule has 0 saturated carbocycles. The van der Waals surface area contributed by atoms with Gasteiger partial charge in [0.15, 0.2) is 0 Å². The van der Waals surface area contributed by atoms with Crippen LogP contribution in [0.15, 0.2) is 63.9 Å². The largest absolute Gasteiger partial charge is 0.268 e. The maximum Gasteiger partial charge on any atom is 0.266 e. The Kier molecular flexibility index (Phi) is 5.00. The highest BCUT2D eigenvalue weighted by molar-refractivity contribution is 9.10. The van der Waals surface area contributed by atoms with Crippen molar-refractivity contribution >= 4 is 50.0 Å². The number of aryl methyl sites for hydroxylation is 1. The number of hydrogen-bond acceptors (Lipinski definition) is 2. The highest BCUT2D eigenvalue weighted by Gasteiger charge is 2.18. The molecule has 0 saturated heterocycles. The molecule has 0 atom stereocenters. The molecule has 0 aliphatic heterocycles. The summed E-state index contributed by atoms with van der Waals surface area (Å²) in [7, 11) is 0. The van der Waals surface area contributed by atoms with Crippen molar-refractivity contribution in [2.75, 3.05) is 0 Å². The molecule has 3 nitrogen and oxygen atoms in total. The topological polar surface area (TPSA) is 34.9 Å². The normalized spacial score (nSPS) is 11.2. The van der Waals surface area contributed by atoms with E-state index in [2.05, 4.69) is 20.9 Å². The third-order valence-corrected chi connectivity index (χ3v) is 5.46. The average molecular weight is 478 g/mol. The van der Waals surface area contributed by atoms with Crippen LogP contribution in [0.5, 0.6) is 0 Å². The molecule has 1 heterocycles. The molecule has 0 spiro atoms. The van der Waals surface area contributed by atoms with Crippen LogP contribution in [0, 0.1) is 12.7 Å². The summed E-state index contributed by atoms with van der Waals surface area (Å²) in [6, 6.07) is 14.7. The number of hydrogen-bond donors (Lipinski definition) is 0. The lowest BCUT2D eigenvalue weighted by Crippen LogP contribution is -2.22. The number of nitrogens with zero attached hydrogens (tertiary/aromatic N) is 2. The third kappa shape index (κ3) is 3.34. The lowest BCUT2D eigenvalue weighted by molar-refractivity contribution is 0.617. The van der Waals surface area contributed by atoms with Gasteiger partial charge in [-0.3, -0.25) is 9.36 Å². The zero-order valence-electron chi connectivity index (χ0n) is 14.5. The quantitative estimate of drug-likeness (QED) is 0.327. The molecule has 0 N–H and O–H groups in total.